The molecule has 0 bridgehead atoms. The molecule has 25 heavy (non-hydrogen) atoms. The van der Waals surface area contributed by atoms with E-state index in [-0.39, 0.29) is 18.8 Å². The molecule has 0 aromatic rings. The number of aliphatic carboxylic acids is 1. The number of carbonyl (C=O) groups is 3. The quantitative estimate of drug-likeness (QED) is 0.239. The van der Waals surface area contributed by atoms with E-state index in [0.717, 1.165) is 6.42 Å². The van der Waals surface area contributed by atoms with E-state index in [1.54, 1.807) is 19.9 Å². The SMILES string of the molecule is COC(=O)/C=C/CC/C=C/CC[C@@H](OC(=O)CCC(=O)O)C(C)(C)O. The van der Waals surface area contributed by atoms with Crippen molar-refractivity contribution in [2.45, 2.75) is 64.1 Å². The van der Waals surface area contributed by atoms with Gasteiger partial charge in [0.25, 0.3) is 0 Å². The Morgan fingerprint density at radius 3 is 2.20 bits per heavy atom. The third-order valence-corrected chi connectivity index (χ3v) is 3.32. The molecule has 7 heteroatoms. The first kappa shape index (κ1) is 22.9. The number of carbonyl (C=O) groups excluding carboxylic acids is 2. The Kier molecular flexibility index (Phi) is 11.2. The third kappa shape index (κ3) is 12.9. The van der Waals surface area contributed by atoms with Crippen molar-refractivity contribution >= 4 is 17.9 Å². The number of hydrogen-bond donors (Lipinski definition) is 2. The lowest BCUT2D eigenvalue weighted by Gasteiger charge is -2.28. The Labute approximate surface area is 148 Å². The molecule has 7 nitrogen and oxygen atoms in total. The first-order valence-corrected chi connectivity index (χ1v) is 8.20. The Morgan fingerprint density at radius 2 is 1.64 bits per heavy atom. The second kappa shape index (κ2) is 12.2. The topological polar surface area (TPSA) is 110 Å². The van der Waals surface area contributed by atoms with Crippen LogP contribution in [0.1, 0.15) is 52.4 Å². The Balaban J connectivity index is 4.22. The molecule has 0 unspecified atom stereocenters. The maximum Gasteiger partial charge on any atom is 0.330 e. The lowest BCUT2D eigenvalue weighted by Crippen LogP contribution is -2.39. The van der Waals surface area contributed by atoms with Crippen LogP contribution in [0.3, 0.4) is 0 Å². The molecule has 0 spiro atoms. The average Bonchev–Trinajstić information content (AvgIpc) is 2.52. The van der Waals surface area contributed by atoms with Crippen LogP contribution in [0, 0.1) is 0 Å². The molecule has 142 valence electrons. The molecule has 2 N–H and O–H groups in total. The van der Waals surface area contributed by atoms with Crippen molar-refractivity contribution in [2.24, 2.45) is 0 Å². The van der Waals surface area contributed by atoms with E-state index >= 15 is 0 Å². The Hall–Kier alpha value is -2.15. The molecule has 1 atom stereocenters. The van der Waals surface area contributed by atoms with Gasteiger partial charge in [0.1, 0.15) is 6.10 Å². The molecule has 0 aromatic carbocycles. The number of methoxy groups -OCH3 is 1. The van der Waals surface area contributed by atoms with Gasteiger partial charge in [0.2, 0.25) is 0 Å². The van der Waals surface area contributed by atoms with Crippen molar-refractivity contribution in [1.82, 2.24) is 0 Å². The van der Waals surface area contributed by atoms with Crippen LogP contribution in [0.15, 0.2) is 24.3 Å². The van der Waals surface area contributed by atoms with E-state index in [4.69, 9.17) is 9.84 Å². The number of esters is 2. The lowest BCUT2D eigenvalue weighted by molar-refractivity contribution is -0.164. The van der Waals surface area contributed by atoms with E-state index in [1.165, 1.54) is 13.2 Å². The van der Waals surface area contributed by atoms with E-state index in [9.17, 15) is 19.5 Å². The van der Waals surface area contributed by atoms with Crippen LogP contribution in [-0.4, -0.2) is 46.9 Å². The van der Waals surface area contributed by atoms with Crippen LogP contribution in [0.2, 0.25) is 0 Å². The highest BCUT2D eigenvalue weighted by Crippen LogP contribution is 2.19. The normalized spacial score (nSPS) is 13.1. The number of unbranched alkanes of at least 4 members (excludes halogenated alkanes) is 1. The molecular formula is C18H28O7. The molecule has 0 aliphatic rings. The van der Waals surface area contributed by atoms with Crippen LogP contribution in [0.5, 0.6) is 0 Å². The van der Waals surface area contributed by atoms with Crippen LogP contribution in [0.4, 0.5) is 0 Å². The highest BCUT2D eigenvalue weighted by atomic mass is 16.6. The lowest BCUT2D eigenvalue weighted by atomic mass is 9.97. The second-order valence-corrected chi connectivity index (χ2v) is 6.08. The molecule has 0 heterocycles. The standard InChI is InChI=1S/C18H28O7/c1-18(2,23)14(25-17(22)13-12-15(19)20)10-8-6-4-5-7-9-11-16(21)24-3/h4,6,9,11,14,23H,5,7-8,10,12-13H2,1-3H3,(H,19,20)/b6-4+,11-9+/t14-/m1/s1. The summed E-state index contributed by atoms with van der Waals surface area (Å²) in [6, 6.07) is 0. The van der Waals surface area contributed by atoms with Gasteiger partial charge < -0.3 is 19.7 Å². The summed E-state index contributed by atoms with van der Waals surface area (Å²) in [7, 11) is 1.32. The fraction of sp³-hybridized carbons (Fsp3) is 0.611. The van der Waals surface area contributed by atoms with Crippen LogP contribution in [0.25, 0.3) is 0 Å². The number of carboxylic acid groups (broad SMARTS) is 1. The van der Waals surface area contributed by atoms with Gasteiger partial charge >= 0.3 is 17.9 Å². The zero-order valence-corrected chi connectivity index (χ0v) is 15.1. The molecule has 0 aliphatic carbocycles. The van der Waals surface area contributed by atoms with E-state index in [0.29, 0.717) is 19.3 Å². The number of carboxylic acids is 1. The minimum atomic E-state index is -1.21. The first-order valence-electron chi connectivity index (χ1n) is 8.20. The van der Waals surface area contributed by atoms with E-state index in [1.807, 2.05) is 12.2 Å². The molecule has 0 amide bonds. The van der Waals surface area contributed by atoms with Crippen molar-refractivity contribution in [3.05, 3.63) is 24.3 Å². The van der Waals surface area contributed by atoms with Gasteiger partial charge in [-0.05, 0) is 39.5 Å². The van der Waals surface area contributed by atoms with Crippen molar-refractivity contribution in [1.29, 1.82) is 0 Å². The summed E-state index contributed by atoms with van der Waals surface area (Å²) in [5.41, 5.74) is -1.21. The van der Waals surface area contributed by atoms with Gasteiger partial charge in [0, 0.05) is 6.08 Å². The highest BCUT2D eigenvalue weighted by molar-refractivity contribution is 5.81. The Morgan fingerprint density at radius 1 is 1.04 bits per heavy atom. The summed E-state index contributed by atoms with van der Waals surface area (Å²) in [6.45, 7) is 3.09. The third-order valence-electron chi connectivity index (χ3n) is 3.32. The van der Waals surface area contributed by atoms with Gasteiger partial charge in [0.15, 0.2) is 0 Å². The average molecular weight is 356 g/mol. The minimum Gasteiger partial charge on any atom is -0.481 e. The fourth-order valence-electron chi connectivity index (χ4n) is 1.91. The largest absolute Gasteiger partial charge is 0.481 e. The number of allylic oxidation sites excluding steroid dienone is 3. The van der Waals surface area contributed by atoms with Gasteiger partial charge in [-0.3, -0.25) is 9.59 Å². The molecule has 0 saturated heterocycles. The van der Waals surface area contributed by atoms with Crippen LogP contribution in [-0.2, 0) is 23.9 Å². The van der Waals surface area contributed by atoms with Crippen LogP contribution < -0.4 is 0 Å². The van der Waals surface area contributed by atoms with Crippen molar-refractivity contribution in [3.63, 3.8) is 0 Å². The molecular weight excluding hydrogens is 328 g/mol. The van der Waals surface area contributed by atoms with Gasteiger partial charge in [-0.25, -0.2) is 4.79 Å². The molecule has 0 saturated carbocycles. The predicted molar refractivity (Wildman–Crippen MR) is 91.8 cm³/mol. The molecule has 0 aliphatic heterocycles. The van der Waals surface area contributed by atoms with Crippen LogP contribution >= 0.6 is 0 Å². The molecule has 0 rings (SSSR count). The van der Waals surface area contributed by atoms with Crippen molar-refractivity contribution < 1.29 is 34.1 Å². The number of rotatable bonds is 12. The molecule has 0 aromatic heterocycles. The summed E-state index contributed by atoms with van der Waals surface area (Å²) < 4.78 is 9.67. The molecule has 0 fully saturated rings. The summed E-state index contributed by atoms with van der Waals surface area (Å²) >= 11 is 0. The first-order chi connectivity index (χ1) is 11.7. The molecule has 0 radical (unpaired) electrons. The Bertz CT molecular complexity index is 486. The second-order valence-electron chi connectivity index (χ2n) is 6.08. The van der Waals surface area contributed by atoms with Gasteiger partial charge in [-0.2, -0.15) is 0 Å². The zero-order chi connectivity index (χ0) is 19.3. The summed E-state index contributed by atoms with van der Waals surface area (Å²) in [6.07, 6.45) is 8.19. The van der Waals surface area contributed by atoms with Gasteiger partial charge in [-0.1, -0.05) is 18.2 Å². The van der Waals surface area contributed by atoms with E-state index in [2.05, 4.69) is 4.74 Å². The summed E-state index contributed by atoms with van der Waals surface area (Å²) in [5.74, 6) is -2.09. The van der Waals surface area contributed by atoms with Gasteiger partial charge in [0.05, 0.1) is 25.6 Å². The van der Waals surface area contributed by atoms with Gasteiger partial charge in [-0.15, -0.1) is 0 Å². The zero-order valence-electron chi connectivity index (χ0n) is 15.1. The monoisotopic (exact) mass is 356 g/mol. The van der Waals surface area contributed by atoms with E-state index < -0.39 is 23.6 Å². The number of ether oxygens (including phenoxy) is 2. The minimum absolute atomic E-state index is 0.218. The highest BCUT2D eigenvalue weighted by Gasteiger charge is 2.29. The number of hydrogen-bond acceptors (Lipinski definition) is 6. The maximum absolute atomic E-state index is 11.6. The number of aliphatic hydroxyl groups is 1. The van der Waals surface area contributed by atoms with Crippen molar-refractivity contribution in [3.8, 4) is 0 Å². The van der Waals surface area contributed by atoms with Crippen molar-refractivity contribution in [2.75, 3.05) is 7.11 Å². The smallest absolute Gasteiger partial charge is 0.330 e. The maximum atomic E-state index is 11.6. The predicted octanol–water partition coefficient (Wildman–Crippen LogP) is 2.38. The summed E-state index contributed by atoms with van der Waals surface area (Å²) in [4.78, 5) is 33.0. The summed E-state index contributed by atoms with van der Waals surface area (Å²) in [5, 5.41) is 18.6. The fourth-order valence-corrected chi connectivity index (χ4v) is 1.91.